The second-order valence-corrected chi connectivity index (χ2v) is 2.93. The molecule has 3 heteroatoms. The first-order chi connectivity index (χ1) is 4.72. The Balaban J connectivity index is 2.68. The molecule has 1 aromatic rings. The first kappa shape index (κ1) is 7.25. The van der Waals surface area contributed by atoms with Gasteiger partial charge in [0.1, 0.15) is 0 Å². The summed E-state index contributed by atoms with van der Waals surface area (Å²) in [7, 11) is 0. The fourth-order valence-electron chi connectivity index (χ4n) is 0.771. The largest absolute Gasteiger partial charge is 0.198 e. The molecule has 0 spiro atoms. The minimum absolute atomic E-state index is 0.499. The third-order valence-electron chi connectivity index (χ3n) is 1.90. The van der Waals surface area contributed by atoms with E-state index in [1.54, 1.807) is 6.20 Å². The van der Waals surface area contributed by atoms with Crippen molar-refractivity contribution >= 4 is 0 Å². The number of nitrogens with zero attached hydrogens (tertiary/aromatic N) is 2. The fraction of sp³-hybridized carbons (Fsp3) is 0.714. The van der Waals surface area contributed by atoms with Gasteiger partial charge < -0.3 is 0 Å². The van der Waals surface area contributed by atoms with Crippen molar-refractivity contribution < 1.29 is 0 Å². The highest BCUT2D eigenvalue weighted by Gasteiger charge is 2.11. The Morgan fingerprint density at radius 2 is 2.10 bits per heavy atom. The number of hydrogen-bond donors (Lipinski definition) is 1. The third kappa shape index (κ3) is 1.35. The van der Waals surface area contributed by atoms with Gasteiger partial charge in [-0.3, -0.25) is 0 Å². The van der Waals surface area contributed by atoms with Crippen LogP contribution in [0, 0.1) is 5.92 Å². The van der Waals surface area contributed by atoms with Gasteiger partial charge in [-0.25, -0.2) is 0 Å². The molecular formula is C7H13N3. The summed E-state index contributed by atoms with van der Waals surface area (Å²) >= 11 is 0. The Morgan fingerprint density at radius 1 is 1.40 bits per heavy atom. The Morgan fingerprint density at radius 3 is 2.50 bits per heavy atom. The monoisotopic (exact) mass is 139 g/mol. The van der Waals surface area contributed by atoms with E-state index in [2.05, 4.69) is 36.2 Å². The van der Waals surface area contributed by atoms with Crippen molar-refractivity contribution in [3.63, 3.8) is 0 Å². The zero-order valence-electron chi connectivity index (χ0n) is 6.63. The van der Waals surface area contributed by atoms with Gasteiger partial charge in [-0.1, -0.05) is 20.8 Å². The molecule has 3 nitrogen and oxygen atoms in total. The summed E-state index contributed by atoms with van der Waals surface area (Å²) < 4.78 is 0. The number of rotatable bonds is 2. The Labute approximate surface area is 60.8 Å². The van der Waals surface area contributed by atoms with Crippen LogP contribution in [0.15, 0.2) is 6.20 Å². The van der Waals surface area contributed by atoms with Crippen LogP contribution in [-0.4, -0.2) is 15.4 Å². The molecule has 0 bridgehead atoms. The summed E-state index contributed by atoms with van der Waals surface area (Å²) in [6.07, 6.45) is 1.78. The lowest BCUT2D eigenvalue weighted by molar-refractivity contribution is 0.522. The molecule has 0 saturated heterocycles. The van der Waals surface area contributed by atoms with Crippen LogP contribution < -0.4 is 0 Å². The van der Waals surface area contributed by atoms with Gasteiger partial charge in [-0.05, 0) is 5.92 Å². The molecule has 10 heavy (non-hydrogen) atoms. The van der Waals surface area contributed by atoms with Crippen LogP contribution in [0.1, 0.15) is 32.4 Å². The van der Waals surface area contributed by atoms with Gasteiger partial charge in [-0.15, -0.1) is 0 Å². The number of hydrogen-bond acceptors (Lipinski definition) is 2. The van der Waals surface area contributed by atoms with E-state index in [1.165, 1.54) is 0 Å². The standard InChI is InChI=1S/C7H13N3/c1-5(2)6(3)7-4-8-10-9-7/h4-6H,1-3H3,(H,8,9,10)/t6-/m0/s1. The van der Waals surface area contributed by atoms with Gasteiger partial charge in [0.25, 0.3) is 0 Å². The lowest BCUT2D eigenvalue weighted by Gasteiger charge is -2.10. The van der Waals surface area contributed by atoms with Gasteiger partial charge in [0.05, 0.1) is 11.9 Å². The van der Waals surface area contributed by atoms with Crippen molar-refractivity contribution in [3.8, 4) is 0 Å². The summed E-state index contributed by atoms with van der Waals surface area (Å²) in [5.74, 6) is 1.13. The summed E-state index contributed by atoms with van der Waals surface area (Å²) in [5, 5.41) is 10.4. The van der Waals surface area contributed by atoms with E-state index in [4.69, 9.17) is 0 Å². The summed E-state index contributed by atoms with van der Waals surface area (Å²) in [4.78, 5) is 0. The average molecular weight is 139 g/mol. The van der Waals surface area contributed by atoms with Crippen LogP contribution >= 0.6 is 0 Å². The molecule has 0 aliphatic carbocycles. The molecule has 1 heterocycles. The lowest BCUT2D eigenvalue weighted by Crippen LogP contribution is -2.01. The van der Waals surface area contributed by atoms with E-state index < -0.39 is 0 Å². The minimum Gasteiger partial charge on any atom is -0.198 e. The Bertz CT molecular complexity index is 179. The van der Waals surface area contributed by atoms with E-state index >= 15 is 0 Å². The van der Waals surface area contributed by atoms with Gasteiger partial charge in [0.15, 0.2) is 0 Å². The predicted octanol–water partition coefficient (Wildman–Crippen LogP) is 1.56. The molecule has 0 radical (unpaired) electrons. The molecule has 56 valence electrons. The third-order valence-corrected chi connectivity index (χ3v) is 1.90. The number of aromatic amines is 1. The van der Waals surface area contributed by atoms with Gasteiger partial charge in [0.2, 0.25) is 0 Å². The van der Waals surface area contributed by atoms with Crippen molar-refractivity contribution in [1.29, 1.82) is 0 Å². The zero-order valence-corrected chi connectivity index (χ0v) is 6.63. The lowest BCUT2D eigenvalue weighted by atomic mass is 9.95. The maximum absolute atomic E-state index is 4.00. The molecule has 1 rings (SSSR count). The molecule has 0 aliphatic rings. The van der Waals surface area contributed by atoms with Crippen LogP contribution in [0.25, 0.3) is 0 Å². The highest BCUT2D eigenvalue weighted by Crippen LogP contribution is 2.19. The van der Waals surface area contributed by atoms with E-state index in [9.17, 15) is 0 Å². The van der Waals surface area contributed by atoms with Crippen molar-refractivity contribution in [2.75, 3.05) is 0 Å². The normalized spacial score (nSPS) is 14.0. The van der Waals surface area contributed by atoms with Crippen LogP contribution in [0.3, 0.4) is 0 Å². The molecule has 1 aromatic heterocycles. The maximum Gasteiger partial charge on any atom is 0.0855 e. The van der Waals surface area contributed by atoms with Crippen molar-refractivity contribution in [2.45, 2.75) is 26.7 Å². The molecular weight excluding hydrogens is 126 g/mol. The second-order valence-electron chi connectivity index (χ2n) is 2.93. The summed E-state index contributed by atoms with van der Waals surface area (Å²) in [6, 6.07) is 0. The number of H-pyrrole nitrogens is 1. The number of aromatic nitrogens is 3. The molecule has 0 saturated carbocycles. The van der Waals surface area contributed by atoms with Crippen molar-refractivity contribution in [2.24, 2.45) is 5.92 Å². The van der Waals surface area contributed by atoms with E-state index in [0.29, 0.717) is 11.8 Å². The first-order valence-electron chi connectivity index (χ1n) is 3.57. The van der Waals surface area contributed by atoms with E-state index in [1.807, 2.05) is 0 Å². The van der Waals surface area contributed by atoms with Gasteiger partial charge >= 0.3 is 0 Å². The molecule has 0 aliphatic heterocycles. The molecule has 1 N–H and O–H groups in total. The maximum atomic E-state index is 4.00. The molecule has 0 unspecified atom stereocenters. The van der Waals surface area contributed by atoms with Gasteiger partial charge in [-0.2, -0.15) is 15.4 Å². The van der Waals surface area contributed by atoms with Crippen LogP contribution in [0.5, 0.6) is 0 Å². The smallest absolute Gasteiger partial charge is 0.0855 e. The van der Waals surface area contributed by atoms with Crippen molar-refractivity contribution in [3.05, 3.63) is 11.9 Å². The molecule has 1 atom stereocenters. The van der Waals surface area contributed by atoms with E-state index in [-0.39, 0.29) is 0 Å². The van der Waals surface area contributed by atoms with Gasteiger partial charge in [0, 0.05) is 5.92 Å². The molecule has 0 amide bonds. The average Bonchev–Trinajstić information content (AvgIpc) is 2.36. The molecule has 0 fully saturated rings. The zero-order chi connectivity index (χ0) is 7.56. The topological polar surface area (TPSA) is 41.6 Å². The van der Waals surface area contributed by atoms with Crippen LogP contribution in [0.2, 0.25) is 0 Å². The van der Waals surface area contributed by atoms with E-state index in [0.717, 1.165) is 5.69 Å². The van der Waals surface area contributed by atoms with Crippen molar-refractivity contribution in [1.82, 2.24) is 15.4 Å². The highest BCUT2D eigenvalue weighted by molar-refractivity contribution is 4.99. The van der Waals surface area contributed by atoms with Crippen LogP contribution in [-0.2, 0) is 0 Å². The summed E-state index contributed by atoms with van der Waals surface area (Å²) in [5.41, 5.74) is 1.05. The fourth-order valence-corrected chi connectivity index (χ4v) is 0.771. The van der Waals surface area contributed by atoms with Crippen LogP contribution in [0.4, 0.5) is 0 Å². The highest BCUT2D eigenvalue weighted by atomic mass is 15.3. The minimum atomic E-state index is 0.499. The SMILES string of the molecule is CC(C)[C@H](C)c1cn[nH]n1. The number of nitrogens with one attached hydrogen (secondary N) is 1. The first-order valence-corrected chi connectivity index (χ1v) is 3.57. The molecule has 0 aromatic carbocycles. The summed E-state index contributed by atoms with van der Waals surface area (Å²) in [6.45, 7) is 6.52. The Kier molecular flexibility index (Phi) is 2.04. The predicted molar refractivity (Wildman–Crippen MR) is 39.6 cm³/mol. The second kappa shape index (κ2) is 2.82. The Hall–Kier alpha value is -0.860. The quantitative estimate of drug-likeness (QED) is 0.675.